The normalized spacial score (nSPS) is 15.6. The van der Waals surface area contributed by atoms with Crippen molar-refractivity contribution < 1.29 is 22.4 Å². The number of nitrogens with zero attached hydrogens (tertiary/aromatic N) is 1. The number of hydrogen-bond donors (Lipinski definition) is 0. The predicted molar refractivity (Wildman–Crippen MR) is 83.4 cm³/mol. The molecule has 0 N–H and O–H groups in total. The van der Waals surface area contributed by atoms with Crippen molar-refractivity contribution in [2.75, 3.05) is 13.1 Å². The smallest absolute Gasteiger partial charge is 0.416 e. The molecule has 1 aliphatic heterocycles. The van der Waals surface area contributed by atoms with Crippen molar-refractivity contribution >= 4 is 5.91 Å². The molecule has 2 aromatic rings. The standard InChI is InChI=1S/C18H16F3NO2/c1-12-7-9-22(10-8-12)17(23)16-6-5-15(24-16)13-3-2-4-14(11-13)18(19,20)21/h2-6,11H,1,7-10H2. The first kappa shape index (κ1) is 16.4. The number of amides is 1. The van der Waals surface area contributed by atoms with Gasteiger partial charge in [-0.15, -0.1) is 0 Å². The fraction of sp³-hybridized carbons (Fsp3) is 0.278. The molecule has 1 saturated heterocycles. The minimum absolute atomic E-state index is 0.134. The third-order valence-corrected chi connectivity index (χ3v) is 4.05. The molecule has 0 unspecified atom stereocenters. The van der Waals surface area contributed by atoms with E-state index >= 15 is 0 Å². The molecular weight excluding hydrogens is 319 g/mol. The summed E-state index contributed by atoms with van der Waals surface area (Å²) >= 11 is 0. The molecule has 1 aromatic carbocycles. The lowest BCUT2D eigenvalue weighted by Gasteiger charge is -2.27. The monoisotopic (exact) mass is 335 g/mol. The molecule has 6 heteroatoms. The summed E-state index contributed by atoms with van der Waals surface area (Å²) in [7, 11) is 0. The van der Waals surface area contributed by atoms with Crippen LogP contribution in [0.1, 0.15) is 29.0 Å². The highest BCUT2D eigenvalue weighted by atomic mass is 19.4. The Kier molecular flexibility index (Phi) is 4.22. The number of benzene rings is 1. The molecule has 1 fully saturated rings. The lowest BCUT2D eigenvalue weighted by atomic mass is 10.1. The van der Waals surface area contributed by atoms with Crippen molar-refractivity contribution in [3.05, 3.63) is 59.9 Å². The van der Waals surface area contributed by atoms with Gasteiger partial charge < -0.3 is 9.32 Å². The zero-order chi connectivity index (χ0) is 17.3. The van der Waals surface area contributed by atoms with Crippen LogP contribution in [0, 0.1) is 0 Å². The second kappa shape index (κ2) is 6.19. The Labute approximate surface area is 137 Å². The van der Waals surface area contributed by atoms with E-state index < -0.39 is 11.7 Å². The predicted octanol–water partition coefficient (Wildman–Crippen LogP) is 4.76. The van der Waals surface area contributed by atoms with Gasteiger partial charge in [-0.05, 0) is 37.1 Å². The molecule has 0 saturated carbocycles. The maximum atomic E-state index is 12.8. The molecule has 2 heterocycles. The first-order valence-corrected chi connectivity index (χ1v) is 7.58. The quantitative estimate of drug-likeness (QED) is 0.742. The zero-order valence-electron chi connectivity index (χ0n) is 12.9. The van der Waals surface area contributed by atoms with E-state index in [1.54, 1.807) is 4.90 Å². The SMILES string of the molecule is C=C1CCN(C(=O)c2ccc(-c3cccc(C(F)(F)F)c3)o2)CC1. The Morgan fingerprint density at radius 2 is 1.83 bits per heavy atom. The van der Waals surface area contributed by atoms with Crippen molar-refractivity contribution in [2.24, 2.45) is 0 Å². The van der Waals surface area contributed by atoms with E-state index in [1.165, 1.54) is 24.3 Å². The Morgan fingerprint density at radius 1 is 1.12 bits per heavy atom. The molecule has 0 bridgehead atoms. The molecule has 1 aromatic heterocycles. The topological polar surface area (TPSA) is 33.5 Å². The van der Waals surface area contributed by atoms with Crippen LogP contribution in [0.15, 0.2) is 53.0 Å². The number of piperidine rings is 1. The minimum Gasteiger partial charge on any atom is -0.451 e. The molecule has 126 valence electrons. The van der Waals surface area contributed by atoms with Gasteiger partial charge in [0.25, 0.3) is 5.91 Å². The lowest BCUT2D eigenvalue weighted by Crippen LogP contribution is -2.35. The molecule has 3 rings (SSSR count). The summed E-state index contributed by atoms with van der Waals surface area (Å²) in [5.41, 5.74) is 0.651. The van der Waals surface area contributed by atoms with Gasteiger partial charge in [0, 0.05) is 18.7 Å². The number of carbonyl (C=O) groups excluding carboxylic acids is 1. The second-order valence-corrected chi connectivity index (χ2v) is 5.78. The van der Waals surface area contributed by atoms with Gasteiger partial charge in [-0.25, -0.2) is 0 Å². The summed E-state index contributed by atoms with van der Waals surface area (Å²) < 4.78 is 43.9. The van der Waals surface area contributed by atoms with Crippen LogP contribution in [0.3, 0.4) is 0 Å². The number of carbonyl (C=O) groups is 1. The molecule has 3 nitrogen and oxygen atoms in total. The van der Waals surface area contributed by atoms with Gasteiger partial charge in [0.2, 0.25) is 0 Å². The molecule has 1 amide bonds. The Hall–Kier alpha value is -2.50. The van der Waals surface area contributed by atoms with Crippen molar-refractivity contribution in [2.45, 2.75) is 19.0 Å². The summed E-state index contributed by atoms with van der Waals surface area (Å²) in [6.45, 7) is 5.06. The number of furan rings is 1. The fourth-order valence-electron chi connectivity index (χ4n) is 2.64. The highest BCUT2D eigenvalue weighted by Gasteiger charge is 2.30. The maximum Gasteiger partial charge on any atom is 0.416 e. The molecule has 0 radical (unpaired) electrons. The number of rotatable bonds is 2. The Bertz CT molecular complexity index is 767. The van der Waals surface area contributed by atoms with Crippen LogP contribution in [0.5, 0.6) is 0 Å². The second-order valence-electron chi connectivity index (χ2n) is 5.78. The van der Waals surface area contributed by atoms with E-state index in [1.807, 2.05) is 0 Å². The van der Waals surface area contributed by atoms with Crippen LogP contribution in [0.2, 0.25) is 0 Å². The largest absolute Gasteiger partial charge is 0.451 e. The van der Waals surface area contributed by atoms with Gasteiger partial charge >= 0.3 is 6.18 Å². The van der Waals surface area contributed by atoms with Gasteiger partial charge in [0.05, 0.1) is 5.56 Å². The van der Waals surface area contributed by atoms with E-state index in [0.717, 1.165) is 30.5 Å². The highest BCUT2D eigenvalue weighted by molar-refractivity contribution is 5.92. The zero-order valence-corrected chi connectivity index (χ0v) is 12.9. The Morgan fingerprint density at radius 3 is 2.50 bits per heavy atom. The van der Waals surface area contributed by atoms with Crippen LogP contribution in [0.4, 0.5) is 13.2 Å². The van der Waals surface area contributed by atoms with E-state index in [2.05, 4.69) is 6.58 Å². The summed E-state index contributed by atoms with van der Waals surface area (Å²) in [4.78, 5) is 14.1. The van der Waals surface area contributed by atoms with E-state index in [9.17, 15) is 18.0 Å². The number of alkyl halides is 3. The molecule has 0 atom stereocenters. The van der Waals surface area contributed by atoms with Gasteiger partial charge in [-0.1, -0.05) is 24.3 Å². The molecule has 24 heavy (non-hydrogen) atoms. The molecule has 0 aliphatic carbocycles. The maximum absolute atomic E-state index is 12.8. The fourth-order valence-corrected chi connectivity index (χ4v) is 2.64. The van der Waals surface area contributed by atoms with Crippen LogP contribution >= 0.6 is 0 Å². The first-order valence-electron chi connectivity index (χ1n) is 7.58. The number of likely N-dealkylation sites (tertiary alicyclic amines) is 1. The average molecular weight is 335 g/mol. The van der Waals surface area contributed by atoms with Crippen LogP contribution in [-0.2, 0) is 6.18 Å². The molecular formula is C18H16F3NO2. The van der Waals surface area contributed by atoms with Crippen molar-refractivity contribution in [3.63, 3.8) is 0 Å². The van der Waals surface area contributed by atoms with Crippen molar-refractivity contribution in [1.82, 2.24) is 4.90 Å². The summed E-state index contributed by atoms with van der Waals surface area (Å²) in [5.74, 6) is 0.126. The van der Waals surface area contributed by atoms with Crippen molar-refractivity contribution in [3.8, 4) is 11.3 Å². The summed E-state index contributed by atoms with van der Waals surface area (Å²) in [6, 6.07) is 7.87. The third-order valence-electron chi connectivity index (χ3n) is 4.05. The lowest BCUT2D eigenvalue weighted by molar-refractivity contribution is -0.137. The van der Waals surface area contributed by atoms with Gasteiger partial charge in [-0.2, -0.15) is 13.2 Å². The van der Waals surface area contributed by atoms with Crippen LogP contribution in [0.25, 0.3) is 11.3 Å². The first-order chi connectivity index (χ1) is 11.3. The van der Waals surface area contributed by atoms with Crippen molar-refractivity contribution in [1.29, 1.82) is 0 Å². The van der Waals surface area contributed by atoms with E-state index in [4.69, 9.17) is 4.42 Å². The van der Waals surface area contributed by atoms with E-state index in [0.29, 0.717) is 13.1 Å². The number of hydrogen-bond acceptors (Lipinski definition) is 2. The average Bonchev–Trinajstić information content (AvgIpc) is 3.04. The molecule has 1 aliphatic rings. The summed E-state index contributed by atoms with van der Waals surface area (Å²) in [5, 5.41) is 0. The van der Waals surface area contributed by atoms with E-state index in [-0.39, 0.29) is 23.0 Å². The summed E-state index contributed by atoms with van der Waals surface area (Å²) in [6.07, 6.45) is -2.91. The third kappa shape index (κ3) is 3.37. The van der Waals surface area contributed by atoms with Gasteiger partial charge in [-0.3, -0.25) is 4.79 Å². The minimum atomic E-state index is -4.42. The highest BCUT2D eigenvalue weighted by Crippen LogP contribution is 2.32. The Balaban J connectivity index is 1.81. The number of halogens is 3. The van der Waals surface area contributed by atoms with Crippen LogP contribution < -0.4 is 0 Å². The van der Waals surface area contributed by atoms with Crippen LogP contribution in [-0.4, -0.2) is 23.9 Å². The molecule has 0 spiro atoms. The van der Waals surface area contributed by atoms with Gasteiger partial charge in [0.15, 0.2) is 5.76 Å². The van der Waals surface area contributed by atoms with Gasteiger partial charge in [0.1, 0.15) is 5.76 Å².